The molecule has 3 unspecified atom stereocenters. The van der Waals surface area contributed by atoms with Crippen LogP contribution in [0.5, 0.6) is 23.0 Å². The molecule has 1 heterocycles. The number of hydrogen-bond acceptors (Lipinski definition) is 5. The van der Waals surface area contributed by atoms with E-state index in [0.29, 0.717) is 28.8 Å². The van der Waals surface area contributed by atoms with Gasteiger partial charge in [-0.25, -0.2) is 0 Å². The summed E-state index contributed by atoms with van der Waals surface area (Å²) in [6, 6.07) is 22.4. The second-order valence-corrected chi connectivity index (χ2v) is 11.7. The van der Waals surface area contributed by atoms with Crippen LogP contribution in [0.15, 0.2) is 133 Å². The first-order valence-electron chi connectivity index (χ1n) is 15.8. The van der Waals surface area contributed by atoms with Crippen molar-refractivity contribution in [2.75, 3.05) is 13.2 Å². The van der Waals surface area contributed by atoms with Gasteiger partial charge in [-0.3, -0.25) is 4.79 Å². The van der Waals surface area contributed by atoms with Crippen molar-refractivity contribution >= 4 is 5.91 Å². The highest BCUT2D eigenvalue weighted by Crippen LogP contribution is 2.44. The number of ether oxygens (including phenoxy) is 4. The zero-order valence-corrected chi connectivity index (χ0v) is 27.7. The number of terminal acetylenes is 2. The van der Waals surface area contributed by atoms with Crippen molar-refractivity contribution in [2.24, 2.45) is 0 Å². The highest BCUT2D eigenvalue weighted by Gasteiger charge is 2.47. The summed E-state index contributed by atoms with van der Waals surface area (Å²) < 4.78 is 23.6. The van der Waals surface area contributed by atoms with Crippen LogP contribution in [-0.4, -0.2) is 35.6 Å². The molecule has 6 nitrogen and oxygen atoms in total. The molecule has 2 aliphatic rings. The van der Waals surface area contributed by atoms with Gasteiger partial charge < -0.3 is 23.8 Å². The number of carbonyl (C=O) groups is 1. The molecule has 6 heteroatoms. The number of amides is 1. The minimum absolute atomic E-state index is 0.118. The summed E-state index contributed by atoms with van der Waals surface area (Å²) in [6.07, 6.45) is 26.2. The Labute approximate surface area is 283 Å². The maximum atomic E-state index is 14.9. The highest BCUT2D eigenvalue weighted by molar-refractivity contribution is 5.96. The summed E-state index contributed by atoms with van der Waals surface area (Å²) in [6.45, 7) is 8.11. The molecule has 1 aliphatic carbocycles. The van der Waals surface area contributed by atoms with Crippen molar-refractivity contribution in [1.82, 2.24) is 4.90 Å². The fourth-order valence-corrected chi connectivity index (χ4v) is 5.87. The minimum atomic E-state index is -1.17. The molecule has 48 heavy (non-hydrogen) atoms. The molecule has 3 atom stereocenters. The van der Waals surface area contributed by atoms with Crippen molar-refractivity contribution < 1.29 is 23.7 Å². The van der Waals surface area contributed by atoms with Crippen LogP contribution in [-0.2, 0) is 14.9 Å². The van der Waals surface area contributed by atoms with Crippen molar-refractivity contribution in [1.29, 1.82) is 0 Å². The zero-order valence-electron chi connectivity index (χ0n) is 27.7. The van der Waals surface area contributed by atoms with Gasteiger partial charge in [0.15, 0.2) is 0 Å². The van der Waals surface area contributed by atoms with Crippen molar-refractivity contribution in [3.63, 3.8) is 0 Å². The molecule has 0 N–H and O–H groups in total. The Morgan fingerprint density at radius 2 is 1.46 bits per heavy atom. The Hall–Kier alpha value is -5.69. The van der Waals surface area contributed by atoms with E-state index in [1.54, 1.807) is 11.2 Å². The van der Waals surface area contributed by atoms with Gasteiger partial charge in [0.25, 0.3) is 0 Å². The molecule has 0 saturated heterocycles. The number of rotatable bonds is 11. The SMILES string of the molecule is C#CCOC1(C)C=CC(Oc2ccc(C3(c4ccc(Oc5ccc(O/C=C/C)cc5)cc4)C(=O)N(CC#C)C(C)/C=C\C=C3C)cc2)=C1. The number of carbonyl (C=O) groups excluding carboxylic acids is 1. The third kappa shape index (κ3) is 7.15. The van der Waals surface area contributed by atoms with Gasteiger partial charge in [0.1, 0.15) is 46.4 Å². The van der Waals surface area contributed by atoms with Crippen molar-refractivity contribution in [3.8, 4) is 47.7 Å². The average Bonchev–Trinajstić information content (AvgIpc) is 3.47. The molecule has 0 fully saturated rings. The maximum absolute atomic E-state index is 14.9. The smallest absolute Gasteiger partial charge is 0.243 e. The molecular weight excluding hydrogens is 598 g/mol. The van der Waals surface area contributed by atoms with Crippen LogP contribution in [0.25, 0.3) is 0 Å². The summed E-state index contributed by atoms with van der Waals surface area (Å²) in [7, 11) is 0. The maximum Gasteiger partial charge on any atom is 0.243 e. The lowest BCUT2D eigenvalue weighted by Crippen LogP contribution is -2.52. The second kappa shape index (κ2) is 14.8. The molecule has 0 radical (unpaired) electrons. The highest BCUT2D eigenvalue weighted by atomic mass is 16.5. The molecule has 5 rings (SSSR count). The molecule has 1 amide bonds. The second-order valence-electron chi connectivity index (χ2n) is 11.7. The number of nitrogens with zero attached hydrogens (tertiary/aromatic N) is 1. The summed E-state index contributed by atoms with van der Waals surface area (Å²) in [4.78, 5) is 16.6. The molecular formula is C42H39NO5. The Kier molecular flexibility index (Phi) is 10.4. The monoisotopic (exact) mass is 637 g/mol. The fourth-order valence-electron chi connectivity index (χ4n) is 5.87. The lowest BCUT2D eigenvalue weighted by molar-refractivity contribution is -0.135. The first-order chi connectivity index (χ1) is 23.2. The van der Waals surface area contributed by atoms with Crippen LogP contribution < -0.4 is 14.2 Å². The lowest BCUT2D eigenvalue weighted by Gasteiger charge is -2.41. The van der Waals surface area contributed by atoms with Crippen molar-refractivity contribution in [3.05, 3.63) is 144 Å². The van der Waals surface area contributed by atoms with E-state index in [0.717, 1.165) is 16.7 Å². The summed E-state index contributed by atoms with van der Waals surface area (Å²) in [5.41, 5.74) is 0.599. The van der Waals surface area contributed by atoms with E-state index in [2.05, 4.69) is 11.8 Å². The van der Waals surface area contributed by atoms with Crippen LogP contribution >= 0.6 is 0 Å². The molecule has 242 valence electrons. The first-order valence-corrected chi connectivity index (χ1v) is 15.8. The third-order valence-corrected chi connectivity index (χ3v) is 8.35. The van der Waals surface area contributed by atoms with E-state index in [1.807, 2.05) is 143 Å². The molecule has 0 aromatic heterocycles. The van der Waals surface area contributed by atoms with E-state index in [9.17, 15) is 4.79 Å². The fraction of sp³-hybridized carbons (Fsp3) is 0.214. The molecule has 0 saturated carbocycles. The van der Waals surface area contributed by atoms with Gasteiger partial charge in [-0.2, -0.15) is 0 Å². The van der Waals surface area contributed by atoms with Crippen molar-refractivity contribution in [2.45, 2.75) is 44.8 Å². The van der Waals surface area contributed by atoms with Crippen LogP contribution in [0.3, 0.4) is 0 Å². The topological polar surface area (TPSA) is 57.2 Å². The van der Waals surface area contributed by atoms with E-state index in [4.69, 9.17) is 31.8 Å². The largest absolute Gasteiger partial charge is 0.465 e. The summed E-state index contributed by atoms with van der Waals surface area (Å²) in [5.74, 6) is 8.33. The normalized spacial score (nSPS) is 22.6. The van der Waals surface area contributed by atoms with Gasteiger partial charge in [0.2, 0.25) is 5.91 Å². The Balaban J connectivity index is 1.51. The number of allylic oxidation sites excluding steroid dienone is 4. The summed E-state index contributed by atoms with van der Waals surface area (Å²) in [5, 5.41) is 0. The Morgan fingerprint density at radius 1 is 0.875 bits per heavy atom. The van der Waals surface area contributed by atoms with Crippen LogP contribution in [0.1, 0.15) is 38.8 Å². The van der Waals surface area contributed by atoms with E-state index >= 15 is 0 Å². The van der Waals surface area contributed by atoms with Crippen LogP contribution in [0, 0.1) is 24.7 Å². The van der Waals surface area contributed by atoms with E-state index < -0.39 is 11.0 Å². The first kappa shape index (κ1) is 33.7. The molecule has 0 spiro atoms. The average molecular weight is 638 g/mol. The molecule has 3 aromatic carbocycles. The lowest BCUT2D eigenvalue weighted by atomic mass is 9.67. The quantitative estimate of drug-likeness (QED) is 0.156. The Bertz CT molecular complexity index is 1850. The van der Waals surface area contributed by atoms with Gasteiger partial charge in [-0.1, -0.05) is 60.4 Å². The van der Waals surface area contributed by atoms with Gasteiger partial charge in [-0.15, -0.1) is 12.8 Å². The molecule has 1 aliphatic heterocycles. The van der Waals surface area contributed by atoms with Gasteiger partial charge in [0, 0.05) is 6.04 Å². The molecule has 0 bridgehead atoms. The van der Waals surface area contributed by atoms with Gasteiger partial charge in [0.05, 0.1) is 12.8 Å². The third-order valence-electron chi connectivity index (χ3n) is 8.35. The van der Waals surface area contributed by atoms with Crippen LogP contribution in [0.2, 0.25) is 0 Å². The Morgan fingerprint density at radius 3 is 2.04 bits per heavy atom. The van der Waals surface area contributed by atoms with E-state index in [-0.39, 0.29) is 25.1 Å². The minimum Gasteiger partial charge on any atom is -0.465 e. The number of benzene rings is 3. The van der Waals surface area contributed by atoms with E-state index in [1.165, 1.54) is 0 Å². The standard InChI is InChI=1S/C42H39NO5/c1-7-27-43-32(5)12-10-11-31(4)42(40(43)44,33-13-17-36(18-14-33)47-38-23-21-35(22-24-38)45-28-8-2)34-15-19-37(20-16-34)48-39-25-26-41(6,30-39)46-29-9-3/h1,3,8,10-26,28,30,32H,27,29H2,2,4-6H3/b12-10-,28-8+,31-11?. The zero-order chi connectivity index (χ0) is 34.1. The summed E-state index contributed by atoms with van der Waals surface area (Å²) >= 11 is 0. The van der Waals surface area contributed by atoms with Gasteiger partial charge >= 0.3 is 0 Å². The van der Waals surface area contributed by atoms with Gasteiger partial charge in [-0.05, 0) is 111 Å². The predicted molar refractivity (Wildman–Crippen MR) is 190 cm³/mol. The van der Waals surface area contributed by atoms with Crippen LogP contribution in [0.4, 0.5) is 0 Å². The number of hydrogen-bond donors (Lipinski definition) is 0. The predicted octanol–water partition coefficient (Wildman–Crippen LogP) is 8.28. The molecule has 3 aromatic rings.